The SMILES string of the molecule is CCCN(CCCCNc1ncc(Cc2ccncc2)c(=O)[nH]1)c1ccccn1. The van der Waals surface area contributed by atoms with Gasteiger partial charge in [0.05, 0.1) is 0 Å². The van der Waals surface area contributed by atoms with Crippen molar-refractivity contribution in [3.63, 3.8) is 0 Å². The number of rotatable bonds is 11. The molecule has 0 aliphatic rings. The maximum absolute atomic E-state index is 12.3. The third-order valence-corrected chi connectivity index (χ3v) is 4.63. The second-order valence-corrected chi connectivity index (χ2v) is 6.93. The summed E-state index contributed by atoms with van der Waals surface area (Å²) in [5, 5.41) is 3.21. The lowest BCUT2D eigenvalue weighted by atomic mass is 10.1. The van der Waals surface area contributed by atoms with Gasteiger partial charge in [-0.2, -0.15) is 0 Å². The molecule has 0 spiro atoms. The van der Waals surface area contributed by atoms with E-state index < -0.39 is 0 Å². The summed E-state index contributed by atoms with van der Waals surface area (Å²) in [4.78, 5) is 30.2. The largest absolute Gasteiger partial charge is 0.357 e. The third-order valence-electron chi connectivity index (χ3n) is 4.63. The van der Waals surface area contributed by atoms with E-state index in [1.54, 1.807) is 18.6 Å². The number of nitrogens with one attached hydrogen (secondary N) is 2. The normalized spacial score (nSPS) is 10.7. The van der Waals surface area contributed by atoms with Gasteiger partial charge >= 0.3 is 0 Å². The number of aromatic nitrogens is 4. The minimum Gasteiger partial charge on any atom is -0.357 e. The number of H-pyrrole nitrogens is 1. The highest BCUT2D eigenvalue weighted by Gasteiger charge is 2.06. The Morgan fingerprint density at radius 2 is 1.90 bits per heavy atom. The zero-order valence-electron chi connectivity index (χ0n) is 16.8. The molecule has 7 nitrogen and oxygen atoms in total. The maximum Gasteiger partial charge on any atom is 0.255 e. The van der Waals surface area contributed by atoms with Crippen LogP contribution in [0.15, 0.2) is 59.9 Å². The van der Waals surface area contributed by atoms with Crippen molar-refractivity contribution in [1.82, 2.24) is 19.9 Å². The molecule has 0 unspecified atom stereocenters. The van der Waals surface area contributed by atoms with Crippen molar-refractivity contribution in [3.05, 3.63) is 76.6 Å². The fraction of sp³-hybridized carbons (Fsp3) is 0.364. The predicted octanol–water partition coefficient (Wildman–Crippen LogP) is 3.26. The van der Waals surface area contributed by atoms with Gasteiger partial charge in [-0.1, -0.05) is 13.0 Å². The number of anilines is 2. The van der Waals surface area contributed by atoms with E-state index in [1.165, 1.54) is 0 Å². The van der Waals surface area contributed by atoms with Gasteiger partial charge in [0, 0.05) is 56.4 Å². The minimum absolute atomic E-state index is 0.108. The molecule has 0 bridgehead atoms. The van der Waals surface area contributed by atoms with Gasteiger partial charge in [-0.25, -0.2) is 9.97 Å². The minimum atomic E-state index is -0.108. The van der Waals surface area contributed by atoms with Crippen molar-refractivity contribution in [3.8, 4) is 0 Å². The zero-order valence-corrected chi connectivity index (χ0v) is 16.8. The second-order valence-electron chi connectivity index (χ2n) is 6.93. The highest BCUT2D eigenvalue weighted by Crippen LogP contribution is 2.11. The lowest BCUT2D eigenvalue weighted by Gasteiger charge is -2.23. The molecule has 29 heavy (non-hydrogen) atoms. The van der Waals surface area contributed by atoms with Crippen LogP contribution in [0.3, 0.4) is 0 Å². The molecule has 3 rings (SSSR count). The highest BCUT2D eigenvalue weighted by molar-refractivity contribution is 5.37. The Morgan fingerprint density at radius 1 is 1.03 bits per heavy atom. The van der Waals surface area contributed by atoms with Gasteiger partial charge < -0.3 is 10.2 Å². The molecule has 0 fully saturated rings. The molecular weight excluding hydrogens is 364 g/mol. The van der Waals surface area contributed by atoms with Crippen LogP contribution in [0.25, 0.3) is 0 Å². The van der Waals surface area contributed by atoms with E-state index >= 15 is 0 Å². The molecule has 3 aromatic rings. The van der Waals surface area contributed by atoms with E-state index in [1.807, 2.05) is 30.5 Å². The van der Waals surface area contributed by atoms with Crippen molar-refractivity contribution in [2.45, 2.75) is 32.6 Å². The number of hydrogen-bond donors (Lipinski definition) is 2. The number of aromatic amines is 1. The molecule has 0 aliphatic carbocycles. The van der Waals surface area contributed by atoms with Crippen LogP contribution in [0.4, 0.5) is 11.8 Å². The Labute approximate surface area is 171 Å². The summed E-state index contributed by atoms with van der Waals surface area (Å²) in [6, 6.07) is 9.81. The Kier molecular flexibility index (Phi) is 7.74. The topological polar surface area (TPSA) is 86.8 Å². The molecular formula is C22H28N6O. The first-order valence-corrected chi connectivity index (χ1v) is 10.1. The van der Waals surface area contributed by atoms with Crippen LogP contribution in [0.2, 0.25) is 0 Å². The first-order chi connectivity index (χ1) is 14.3. The van der Waals surface area contributed by atoms with E-state index in [0.29, 0.717) is 17.9 Å². The molecule has 0 radical (unpaired) electrons. The summed E-state index contributed by atoms with van der Waals surface area (Å²) in [5.41, 5.74) is 1.58. The Hall–Kier alpha value is -3.22. The van der Waals surface area contributed by atoms with Gasteiger partial charge in [-0.3, -0.25) is 14.8 Å². The van der Waals surface area contributed by atoms with E-state index in [9.17, 15) is 4.79 Å². The van der Waals surface area contributed by atoms with Crippen molar-refractivity contribution in [2.24, 2.45) is 0 Å². The summed E-state index contributed by atoms with van der Waals surface area (Å²) >= 11 is 0. The zero-order chi connectivity index (χ0) is 20.3. The smallest absolute Gasteiger partial charge is 0.255 e. The molecule has 2 N–H and O–H groups in total. The van der Waals surface area contributed by atoms with Crippen molar-refractivity contribution in [1.29, 1.82) is 0 Å². The standard InChI is InChI=1S/C22H28N6O/c1-2-14-28(20-7-3-4-10-24-20)15-6-5-11-25-22-26-17-19(21(29)27-22)16-18-8-12-23-13-9-18/h3-4,7-10,12-13,17H,2,5-6,11,14-16H2,1H3,(H2,25,26,27,29). The van der Waals surface area contributed by atoms with Crippen LogP contribution >= 0.6 is 0 Å². The van der Waals surface area contributed by atoms with Gasteiger partial charge in [-0.15, -0.1) is 0 Å². The van der Waals surface area contributed by atoms with Crippen molar-refractivity contribution in [2.75, 3.05) is 29.9 Å². The second kappa shape index (κ2) is 10.9. The summed E-state index contributed by atoms with van der Waals surface area (Å²) in [6.07, 6.45) is 10.6. The average molecular weight is 393 g/mol. The molecule has 7 heteroatoms. The summed E-state index contributed by atoms with van der Waals surface area (Å²) in [5.74, 6) is 1.54. The van der Waals surface area contributed by atoms with Gasteiger partial charge in [0.1, 0.15) is 5.82 Å². The predicted molar refractivity (Wildman–Crippen MR) is 116 cm³/mol. The van der Waals surface area contributed by atoms with Crippen LogP contribution in [0, 0.1) is 0 Å². The van der Waals surface area contributed by atoms with Crippen LogP contribution in [0.5, 0.6) is 0 Å². The molecule has 0 saturated heterocycles. The van der Waals surface area contributed by atoms with Gasteiger partial charge in [0.25, 0.3) is 5.56 Å². The van der Waals surface area contributed by atoms with E-state index in [2.05, 4.69) is 43.1 Å². The molecule has 0 atom stereocenters. The molecule has 0 aliphatic heterocycles. The molecule has 0 amide bonds. The fourth-order valence-electron chi connectivity index (χ4n) is 3.14. The molecule has 0 aromatic carbocycles. The van der Waals surface area contributed by atoms with E-state index in [0.717, 1.165) is 50.3 Å². The molecule has 3 aromatic heterocycles. The first kappa shape index (κ1) is 20.5. The maximum atomic E-state index is 12.3. The number of nitrogens with zero attached hydrogens (tertiary/aromatic N) is 4. The van der Waals surface area contributed by atoms with Crippen LogP contribution < -0.4 is 15.8 Å². The monoisotopic (exact) mass is 392 g/mol. The van der Waals surface area contributed by atoms with Crippen LogP contribution in [0.1, 0.15) is 37.3 Å². The van der Waals surface area contributed by atoms with E-state index in [-0.39, 0.29) is 5.56 Å². The molecule has 3 heterocycles. The Bertz CT molecular complexity index is 913. The molecule has 152 valence electrons. The van der Waals surface area contributed by atoms with Crippen molar-refractivity contribution >= 4 is 11.8 Å². The first-order valence-electron chi connectivity index (χ1n) is 10.1. The van der Waals surface area contributed by atoms with Crippen LogP contribution in [-0.4, -0.2) is 39.6 Å². The average Bonchev–Trinajstić information content (AvgIpc) is 2.76. The molecule has 0 saturated carbocycles. The fourth-order valence-corrected chi connectivity index (χ4v) is 3.14. The lowest BCUT2D eigenvalue weighted by Crippen LogP contribution is -2.26. The summed E-state index contributed by atoms with van der Waals surface area (Å²) in [7, 11) is 0. The van der Waals surface area contributed by atoms with Gasteiger partial charge in [0.2, 0.25) is 5.95 Å². The number of pyridine rings is 2. The number of unbranched alkanes of at least 4 members (excludes halogenated alkanes) is 1. The Morgan fingerprint density at radius 3 is 2.62 bits per heavy atom. The quantitative estimate of drug-likeness (QED) is 0.487. The highest BCUT2D eigenvalue weighted by atomic mass is 16.1. The number of hydrogen-bond acceptors (Lipinski definition) is 6. The van der Waals surface area contributed by atoms with Crippen molar-refractivity contribution < 1.29 is 0 Å². The lowest BCUT2D eigenvalue weighted by molar-refractivity contribution is 0.683. The summed E-state index contributed by atoms with van der Waals surface area (Å²) < 4.78 is 0. The summed E-state index contributed by atoms with van der Waals surface area (Å²) in [6.45, 7) is 4.90. The Balaban J connectivity index is 1.44. The van der Waals surface area contributed by atoms with Gasteiger partial charge in [0.15, 0.2) is 0 Å². The van der Waals surface area contributed by atoms with Crippen LogP contribution in [-0.2, 0) is 6.42 Å². The van der Waals surface area contributed by atoms with E-state index in [4.69, 9.17) is 0 Å². The van der Waals surface area contributed by atoms with Gasteiger partial charge in [-0.05, 0) is 49.1 Å². The third kappa shape index (κ3) is 6.41.